The van der Waals surface area contributed by atoms with Crippen LogP contribution in [0.15, 0.2) is 45.7 Å². The fourth-order valence-corrected chi connectivity index (χ4v) is 3.82. The van der Waals surface area contributed by atoms with Gasteiger partial charge in [0, 0.05) is 25.3 Å². The molecule has 0 spiro atoms. The van der Waals surface area contributed by atoms with Gasteiger partial charge < -0.3 is 25.1 Å². The summed E-state index contributed by atoms with van der Waals surface area (Å²) in [6, 6.07) is 4.93. The molecule has 4 rings (SSSR count). The zero-order valence-electron chi connectivity index (χ0n) is 15.3. The third-order valence-electron chi connectivity index (χ3n) is 4.74. The zero-order chi connectivity index (χ0) is 20.4. The summed E-state index contributed by atoms with van der Waals surface area (Å²) < 4.78 is 6.01. The lowest BCUT2D eigenvalue weighted by atomic mass is 10.0. The molecular formula is C19H18BrN5O4. The molecule has 1 aliphatic rings. The zero-order valence-corrected chi connectivity index (χ0v) is 16.8. The van der Waals surface area contributed by atoms with Crippen molar-refractivity contribution in [3.63, 3.8) is 0 Å². The van der Waals surface area contributed by atoms with Gasteiger partial charge in [-0.05, 0) is 47.0 Å². The molecule has 1 fully saturated rings. The van der Waals surface area contributed by atoms with Crippen molar-refractivity contribution in [3.05, 3.63) is 47.0 Å². The molecule has 0 bridgehead atoms. The average molecular weight is 460 g/mol. The van der Waals surface area contributed by atoms with E-state index in [4.69, 9.17) is 9.52 Å². The molecule has 4 heterocycles. The molecule has 1 saturated heterocycles. The highest BCUT2D eigenvalue weighted by atomic mass is 79.9. The third-order valence-corrected chi connectivity index (χ3v) is 5.30. The highest BCUT2D eigenvalue weighted by molar-refractivity contribution is 9.10. The molecule has 150 valence electrons. The molecule has 0 saturated carbocycles. The van der Waals surface area contributed by atoms with Crippen LogP contribution < -0.4 is 15.5 Å². The number of pyridine rings is 2. The van der Waals surface area contributed by atoms with Crippen LogP contribution in [0.5, 0.6) is 0 Å². The van der Waals surface area contributed by atoms with E-state index in [0.29, 0.717) is 27.8 Å². The third kappa shape index (κ3) is 4.16. The number of anilines is 2. The number of halogens is 1. The number of piperidine rings is 1. The first-order chi connectivity index (χ1) is 14.0. The van der Waals surface area contributed by atoms with E-state index in [1.165, 1.54) is 6.26 Å². The lowest BCUT2D eigenvalue weighted by molar-refractivity contribution is 0.102. The second kappa shape index (κ2) is 8.08. The van der Waals surface area contributed by atoms with Crippen molar-refractivity contribution in [1.82, 2.24) is 15.3 Å². The summed E-state index contributed by atoms with van der Waals surface area (Å²) in [5.41, 5.74) is 2.74. The van der Waals surface area contributed by atoms with E-state index in [1.807, 2.05) is 11.0 Å². The fourth-order valence-electron chi connectivity index (χ4n) is 3.44. The highest BCUT2D eigenvalue weighted by Gasteiger charge is 2.24. The molecule has 1 atom stereocenters. The number of carboxylic acid groups (broad SMARTS) is 1. The van der Waals surface area contributed by atoms with Crippen molar-refractivity contribution in [3.8, 4) is 0 Å². The first-order valence-corrected chi connectivity index (χ1v) is 9.84. The Kier molecular flexibility index (Phi) is 5.34. The number of carbonyl (C=O) groups excluding carboxylic acids is 1. The fraction of sp³-hybridized carbons (Fsp3) is 0.263. The van der Waals surface area contributed by atoms with Gasteiger partial charge in [0.1, 0.15) is 17.5 Å². The summed E-state index contributed by atoms with van der Waals surface area (Å²) in [5.74, 6) is -0.369. The van der Waals surface area contributed by atoms with Gasteiger partial charge in [-0.2, -0.15) is 0 Å². The van der Waals surface area contributed by atoms with Gasteiger partial charge >= 0.3 is 6.09 Å². The summed E-state index contributed by atoms with van der Waals surface area (Å²) in [7, 11) is 0. The number of nitrogens with zero attached hydrogens (tertiary/aromatic N) is 3. The molecule has 3 aromatic heterocycles. The van der Waals surface area contributed by atoms with Crippen LogP contribution in [-0.4, -0.2) is 46.2 Å². The minimum Gasteiger partial charge on any atom is -0.465 e. The maximum atomic E-state index is 12.8. The summed E-state index contributed by atoms with van der Waals surface area (Å²) >= 11 is 3.35. The topological polar surface area (TPSA) is 121 Å². The number of nitrogens with one attached hydrogen (secondary N) is 2. The van der Waals surface area contributed by atoms with Gasteiger partial charge in [0.05, 0.1) is 22.0 Å². The molecule has 10 heteroatoms. The maximum Gasteiger partial charge on any atom is 0.404 e. The number of rotatable bonds is 4. The monoisotopic (exact) mass is 459 g/mol. The molecule has 2 amide bonds. The lowest BCUT2D eigenvalue weighted by Gasteiger charge is -2.35. The Morgan fingerprint density at radius 2 is 2.17 bits per heavy atom. The first kappa shape index (κ1) is 19.2. The largest absolute Gasteiger partial charge is 0.465 e. The Morgan fingerprint density at radius 3 is 3.00 bits per heavy atom. The van der Waals surface area contributed by atoms with Gasteiger partial charge in [-0.3, -0.25) is 9.78 Å². The standard InChI is InChI=1S/C19H18BrN5O4/c20-12-10-29-16-4-3-13(23-17(12)16)18(26)24-14-8-21-6-5-15(14)25-7-1-2-11(9-25)22-19(27)28/h3-6,8,10-11,22H,1-2,7,9H2,(H,24,26)(H,27,28). The van der Waals surface area contributed by atoms with Crippen LogP contribution in [0.3, 0.4) is 0 Å². The van der Waals surface area contributed by atoms with Crippen molar-refractivity contribution in [2.75, 3.05) is 23.3 Å². The van der Waals surface area contributed by atoms with E-state index in [2.05, 4.69) is 36.5 Å². The first-order valence-electron chi connectivity index (χ1n) is 9.05. The Labute approximate surface area is 174 Å². The molecule has 9 nitrogen and oxygen atoms in total. The molecule has 0 radical (unpaired) electrons. The lowest BCUT2D eigenvalue weighted by Crippen LogP contribution is -2.47. The number of hydrogen-bond acceptors (Lipinski definition) is 6. The Hall–Kier alpha value is -3.14. The summed E-state index contributed by atoms with van der Waals surface area (Å²) in [5, 5.41) is 14.4. The quantitative estimate of drug-likeness (QED) is 0.545. The molecule has 29 heavy (non-hydrogen) atoms. The normalized spacial score (nSPS) is 16.6. The molecule has 1 unspecified atom stereocenters. The number of furan rings is 1. The van der Waals surface area contributed by atoms with Gasteiger partial charge in [-0.1, -0.05) is 0 Å². The average Bonchev–Trinajstić information content (AvgIpc) is 3.08. The Morgan fingerprint density at radius 1 is 1.31 bits per heavy atom. The maximum absolute atomic E-state index is 12.8. The summed E-state index contributed by atoms with van der Waals surface area (Å²) in [4.78, 5) is 34.3. The molecule has 3 aromatic rings. The smallest absolute Gasteiger partial charge is 0.404 e. The van der Waals surface area contributed by atoms with Gasteiger partial charge in [0.2, 0.25) is 0 Å². The van der Waals surface area contributed by atoms with E-state index in [-0.39, 0.29) is 17.6 Å². The SMILES string of the molecule is O=C(O)NC1CCCN(c2ccncc2NC(=O)c2ccc3occ(Br)c3n2)C1. The number of fused-ring (bicyclic) bond motifs is 1. The Balaban J connectivity index is 1.55. The second-order valence-electron chi connectivity index (χ2n) is 6.71. The van der Waals surface area contributed by atoms with Gasteiger partial charge in [0.25, 0.3) is 5.91 Å². The van der Waals surface area contributed by atoms with E-state index < -0.39 is 6.09 Å². The van der Waals surface area contributed by atoms with Crippen LogP contribution in [0.25, 0.3) is 11.1 Å². The minimum absolute atomic E-state index is 0.166. The summed E-state index contributed by atoms with van der Waals surface area (Å²) in [6.45, 7) is 1.28. The van der Waals surface area contributed by atoms with Crippen LogP contribution in [0.2, 0.25) is 0 Å². The number of amides is 2. The molecule has 0 aliphatic carbocycles. The molecule has 3 N–H and O–H groups in total. The van der Waals surface area contributed by atoms with E-state index in [1.54, 1.807) is 24.5 Å². The van der Waals surface area contributed by atoms with Crippen LogP contribution in [0.4, 0.5) is 16.2 Å². The van der Waals surface area contributed by atoms with Crippen molar-refractivity contribution in [2.45, 2.75) is 18.9 Å². The van der Waals surface area contributed by atoms with Gasteiger partial charge in [-0.25, -0.2) is 9.78 Å². The van der Waals surface area contributed by atoms with Crippen molar-refractivity contribution in [1.29, 1.82) is 0 Å². The van der Waals surface area contributed by atoms with Gasteiger partial charge in [-0.15, -0.1) is 0 Å². The van der Waals surface area contributed by atoms with Crippen LogP contribution in [0.1, 0.15) is 23.3 Å². The molecular weight excluding hydrogens is 442 g/mol. The van der Waals surface area contributed by atoms with Gasteiger partial charge in [0.15, 0.2) is 5.58 Å². The Bertz CT molecular complexity index is 1070. The van der Waals surface area contributed by atoms with E-state index >= 15 is 0 Å². The summed E-state index contributed by atoms with van der Waals surface area (Å²) in [6.07, 6.45) is 5.33. The van der Waals surface area contributed by atoms with E-state index in [0.717, 1.165) is 25.1 Å². The van der Waals surface area contributed by atoms with Crippen molar-refractivity contribution >= 4 is 50.4 Å². The van der Waals surface area contributed by atoms with Crippen molar-refractivity contribution in [2.24, 2.45) is 0 Å². The van der Waals surface area contributed by atoms with Crippen molar-refractivity contribution < 1.29 is 19.1 Å². The number of aromatic nitrogens is 2. The molecule has 1 aliphatic heterocycles. The minimum atomic E-state index is -1.04. The molecule has 0 aromatic carbocycles. The van der Waals surface area contributed by atoms with Crippen LogP contribution in [-0.2, 0) is 0 Å². The predicted octanol–water partition coefficient (Wildman–Crippen LogP) is 3.47. The van der Waals surface area contributed by atoms with Crippen LogP contribution in [0, 0.1) is 0 Å². The number of carbonyl (C=O) groups is 2. The number of hydrogen-bond donors (Lipinski definition) is 3. The predicted molar refractivity (Wildman–Crippen MR) is 110 cm³/mol. The second-order valence-corrected chi connectivity index (χ2v) is 7.56. The highest BCUT2D eigenvalue weighted by Crippen LogP contribution is 2.29. The van der Waals surface area contributed by atoms with E-state index in [9.17, 15) is 9.59 Å². The van der Waals surface area contributed by atoms with Crippen LogP contribution >= 0.6 is 15.9 Å².